The predicted molar refractivity (Wildman–Crippen MR) is 85.6 cm³/mol. The molecule has 0 spiro atoms. The van der Waals surface area contributed by atoms with E-state index in [4.69, 9.17) is 9.15 Å². The highest BCUT2D eigenvalue weighted by molar-refractivity contribution is 7.09. The van der Waals surface area contributed by atoms with Crippen LogP contribution >= 0.6 is 11.3 Å². The van der Waals surface area contributed by atoms with E-state index in [1.807, 2.05) is 24.4 Å². The molecule has 120 valence electrons. The summed E-state index contributed by atoms with van der Waals surface area (Å²) in [6.07, 6.45) is 1.71. The molecule has 0 aliphatic carbocycles. The van der Waals surface area contributed by atoms with Crippen molar-refractivity contribution in [3.63, 3.8) is 0 Å². The SMILES string of the molecule is Cc1nc(COCc2n[nH]c3c2CN(Cc2ccco2)C3)cs1. The number of aromatic nitrogens is 3. The van der Waals surface area contributed by atoms with Gasteiger partial charge in [-0.3, -0.25) is 10.00 Å². The number of furan rings is 1. The summed E-state index contributed by atoms with van der Waals surface area (Å²) >= 11 is 1.65. The first kappa shape index (κ1) is 14.6. The van der Waals surface area contributed by atoms with Crippen LogP contribution in [0.2, 0.25) is 0 Å². The van der Waals surface area contributed by atoms with Crippen LogP contribution in [0.1, 0.15) is 33.4 Å². The van der Waals surface area contributed by atoms with Crippen molar-refractivity contribution in [3.8, 4) is 0 Å². The van der Waals surface area contributed by atoms with Crippen LogP contribution < -0.4 is 0 Å². The van der Waals surface area contributed by atoms with Gasteiger partial charge in [0.25, 0.3) is 0 Å². The Bertz CT molecular complexity index is 778. The zero-order chi connectivity index (χ0) is 15.6. The molecule has 4 rings (SSSR count). The molecule has 3 aromatic heterocycles. The largest absolute Gasteiger partial charge is 0.468 e. The van der Waals surface area contributed by atoms with Crippen molar-refractivity contribution >= 4 is 11.3 Å². The molecule has 0 bridgehead atoms. The second-order valence-corrected chi connectivity index (χ2v) is 6.76. The Morgan fingerprint density at radius 1 is 1.39 bits per heavy atom. The third-order valence-corrected chi connectivity index (χ3v) is 4.74. The molecule has 4 heterocycles. The predicted octanol–water partition coefficient (Wildman–Crippen LogP) is 3.00. The summed E-state index contributed by atoms with van der Waals surface area (Å²) in [6.45, 7) is 5.60. The maximum absolute atomic E-state index is 5.77. The highest BCUT2D eigenvalue weighted by Gasteiger charge is 2.25. The van der Waals surface area contributed by atoms with Crippen LogP contribution in [0.15, 0.2) is 28.2 Å². The quantitative estimate of drug-likeness (QED) is 0.752. The van der Waals surface area contributed by atoms with E-state index in [0.29, 0.717) is 13.2 Å². The van der Waals surface area contributed by atoms with Crippen molar-refractivity contribution in [2.75, 3.05) is 0 Å². The molecule has 0 amide bonds. The molecule has 0 fully saturated rings. The molecule has 1 aliphatic heterocycles. The lowest BCUT2D eigenvalue weighted by molar-refractivity contribution is 0.101. The van der Waals surface area contributed by atoms with Crippen molar-refractivity contribution in [2.45, 2.75) is 39.8 Å². The number of rotatable bonds is 6. The number of nitrogens with zero attached hydrogens (tertiary/aromatic N) is 3. The van der Waals surface area contributed by atoms with Crippen LogP contribution in [0, 0.1) is 6.92 Å². The Morgan fingerprint density at radius 2 is 2.35 bits per heavy atom. The van der Waals surface area contributed by atoms with E-state index in [2.05, 4.69) is 20.1 Å². The van der Waals surface area contributed by atoms with E-state index in [0.717, 1.165) is 41.8 Å². The fraction of sp³-hybridized carbons (Fsp3) is 0.375. The minimum absolute atomic E-state index is 0.511. The third kappa shape index (κ3) is 3.21. The molecule has 0 saturated heterocycles. The highest BCUT2D eigenvalue weighted by Crippen LogP contribution is 2.26. The van der Waals surface area contributed by atoms with E-state index >= 15 is 0 Å². The number of thiazole rings is 1. The van der Waals surface area contributed by atoms with Gasteiger partial charge in [0.05, 0.1) is 48.1 Å². The number of hydrogen-bond acceptors (Lipinski definition) is 6. The van der Waals surface area contributed by atoms with E-state index in [9.17, 15) is 0 Å². The highest BCUT2D eigenvalue weighted by atomic mass is 32.1. The summed E-state index contributed by atoms with van der Waals surface area (Å²) in [4.78, 5) is 6.73. The van der Waals surface area contributed by atoms with Gasteiger partial charge in [0.15, 0.2) is 0 Å². The van der Waals surface area contributed by atoms with Crippen molar-refractivity contribution in [1.29, 1.82) is 0 Å². The van der Waals surface area contributed by atoms with E-state index in [1.165, 1.54) is 11.3 Å². The number of ether oxygens (including phenoxy) is 1. The van der Waals surface area contributed by atoms with Gasteiger partial charge in [-0.05, 0) is 19.1 Å². The summed E-state index contributed by atoms with van der Waals surface area (Å²) < 4.78 is 11.2. The number of nitrogens with one attached hydrogen (secondary N) is 1. The zero-order valence-electron chi connectivity index (χ0n) is 12.9. The zero-order valence-corrected chi connectivity index (χ0v) is 13.7. The number of aryl methyl sites for hydroxylation is 1. The van der Waals surface area contributed by atoms with Gasteiger partial charge in [-0.1, -0.05) is 0 Å². The smallest absolute Gasteiger partial charge is 0.117 e. The Morgan fingerprint density at radius 3 is 3.13 bits per heavy atom. The topological polar surface area (TPSA) is 67.2 Å². The number of fused-ring (bicyclic) bond motifs is 1. The second-order valence-electron chi connectivity index (χ2n) is 5.70. The molecule has 0 aromatic carbocycles. The lowest BCUT2D eigenvalue weighted by Crippen LogP contribution is -2.16. The molecule has 6 nitrogen and oxygen atoms in total. The molecule has 3 aromatic rings. The van der Waals surface area contributed by atoms with Crippen molar-refractivity contribution in [3.05, 3.63) is 57.2 Å². The van der Waals surface area contributed by atoms with Gasteiger partial charge in [-0.25, -0.2) is 4.98 Å². The van der Waals surface area contributed by atoms with Gasteiger partial charge in [0.2, 0.25) is 0 Å². The molecule has 0 saturated carbocycles. The Kier molecular flexibility index (Phi) is 3.99. The molecule has 0 radical (unpaired) electrons. The Balaban J connectivity index is 1.34. The average Bonchev–Trinajstić information content (AvgIpc) is 3.27. The van der Waals surface area contributed by atoms with Gasteiger partial charge in [0, 0.05) is 24.0 Å². The summed E-state index contributed by atoms with van der Waals surface area (Å²) in [5.41, 5.74) is 4.42. The second kappa shape index (κ2) is 6.27. The van der Waals surface area contributed by atoms with Crippen LogP contribution in [-0.4, -0.2) is 20.1 Å². The Hall–Kier alpha value is -1.96. The lowest BCUT2D eigenvalue weighted by atomic mass is 10.2. The summed E-state index contributed by atoms with van der Waals surface area (Å²) in [5.74, 6) is 0.986. The number of hydrogen-bond donors (Lipinski definition) is 1. The first-order valence-corrected chi connectivity index (χ1v) is 8.44. The van der Waals surface area contributed by atoms with Crippen molar-refractivity contribution < 1.29 is 9.15 Å². The van der Waals surface area contributed by atoms with E-state index in [1.54, 1.807) is 17.6 Å². The monoisotopic (exact) mass is 330 g/mol. The van der Waals surface area contributed by atoms with Crippen molar-refractivity contribution in [1.82, 2.24) is 20.1 Å². The van der Waals surface area contributed by atoms with E-state index in [-0.39, 0.29) is 0 Å². The van der Waals surface area contributed by atoms with Gasteiger partial charge in [-0.15, -0.1) is 11.3 Å². The standard InChI is InChI=1S/C16H18N4O2S/c1-11-17-12(10-23-11)8-21-9-16-14-6-20(7-15(14)18-19-16)5-13-3-2-4-22-13/h2-4,10H,5-9H2,1H3,(H,18,19). The minimum atomic E-state index is 0.511. The molecule has 1 N–H and O–H groups in total. The lowest BCUT2D eigenvalue weighted by Gasteiger charge is -2.13. The van der Waals surface area contributed by atoms with Crippen LogP contribution in [0.25, 0.3) is 0 Å². The maximum Gasteiger partial charge on any atom is 0.117 e. The minimum Gasteiger partial charge on any atom is -0.468 e. The molecule has 0 atom stereocenters. The normalized spacial score (nSPS) is 14.5. The number of H-pyrrole nitrogens is 1. The molecular weight excluding hydrogens is 312 g/mol. The van der Waals surface area contributed by atoms with Gasteiger partial charge < -0.3 is 9.15 Å². The molecule has 7 heteroatoms. The third-order valence-electron chi connectivity index (χ3n) is 3.92. The summed E-state index contributed by atoms with van der Waals surface area (Å²) in [7, 11) is 0. The molecule has 1 aliphatic rings. The first-order valence-electron chi connectivity index (χ1n) is 7.56. The molecule has 0 unspecified atom stereocenters. The van der Waals surface area contributed by atoms with Crippen LogP contribution in [0.3, 0.4) is 0 Å². The fourth-order valence-corrected chi connectivity index (χ4v) is 3.44. The van der Waals surface area contributed by atoms with Gasteiger partial charge in [0.1, 0.15) is 5.76 Å². The van der Waals surface area contributed by atoms with Crippen LogP contribution in [0.5, 0.6) is 0 Å². The van der Waals surface area contributed by atoms with Crippen LogP contribution in [-0.2, 0) is 37.6 Å². The summed E-state index contributed by atoms with van der Waals surface area (Å²) in [6, 6.07) is 3.93. The van der Waals surface area contributed by atoms with Gasteiger partial charge in [-0.2, -0.15) is 5.10 Å². The maximum atomic E-state index is 5.77. The van der Waals surface area contributed by atoms with E-state index < -0.39 is 0 Å². The number of aromatic amines is 1. The Labute approximate surface area is 138 Å². The average molecular weight is 330 g/mol. The first-order chi connectivity index (χ1) is 11.3. The molecular formula is C16H18N4O2S. The fourth-order valence-electron chi connectivity index (χ4n) is 2.85. The van der Waals surface area contributed by atoms with Gasteiger partial charge >= 0.3 is 0 Å². The van der Waals surface area contributed by atoms with Crippen molar-refractivity contribution in [2.24, 2.45) is 0 Å². The molecule has 23 heavy (non-hydrogen) atoms. The summed E-state index contributed by atoms with van der Waals surface area (Å²) in [5, 5.41) is 10.6. The van der Waals surface area contributed by atoms with Crippen LogP contribution in [0.4, 0.5) is 0 Å².